The van der Waals surface area contributed by atoms with Crippen molar-refractivity contribution < 1.29 is 23.5 Å². The summed E-state index contributed by atoms with van der Waals surface area (Å²) in [4.78, 5) is 9.29. The molecule has 1 aromatic rings. The molecule has 1 N–H and O–H groups in total. The van der Waals surface area contributed by atoms with E-state index in [2.05, 4.69) is 0 Å². The van der Waals surface area contributed by atoms with E-state index >= 15 is 0 Å². The third-order valence-corrected chi connectivity index (χ3v) is 2.10. The molecule has 0 heterocycles. The van der Waals surface area contributed by atoms with Gasteiger partial charge in [0.05, 0.1) is 17.1 Å². The smallest absolute Gasteiger partial charge is 0.307 e. The van der Waals surface area contributed by atoms with Gasteiger partial charge in [-0.3, -0.25) is 10.1 Å². The lowest BCUT2D eigenvalue weighted by atomic mass is 10.2. The van der Waals surface area contributed by atoms with Crippen LogP contribution in [0.5, 0.6) is 5.75 Å². The molecule has 17 heavy (non-hydrogen) atoms. The fourth-order valence-electron chi connectivity index (χ4n) is 1.07. The summed E-state index contributed by atoms with van der Waals surface area (Å²) in [6.07, 6.45) is -0.399. The standard InChI is InChI=1S/C10H11F2NO4/c1-2-6(14)5-17-10-4-7(11)9(13(15)16)3-8(10)12/h3-4,6,14H,2,5H2,1H3. The number of nitro benzene ring substituents is 1. The van der Waals surface area contributed by atoms with Crippen LogP contribution in [0, 0.1) is 21.7 Å². The van der Waals surface area contributed by atoms with E-state index in [4.69, 9.17) is 4.74 Å². The predicted octanol–water partition coefficient (Wildman–Crippen LogP) is 2.02. The highest BCUT2D eigenvalue weighted by atomic mass is 19.1. The molecule has 0 bridgehead atoms. The van der Waals surface area contributed by atoms with Crippen LogP contribution in [0.25, 0.3) is 0 Å². The molecule has 0 aromatic heterocycles. The lowest BCUT2D eigenvalue weighted by Crippen LogP contribution is -2.16. The van der Waals surface area contributed by atoms with Crippen molar-refractivity contribution in [2.45, 2.75) is 19.4 Å². The van der Waals surface area contributed by atoms with Crippen molar-refractivity contribution in [1.29, 1.82) is 0 Å². The van der Waals surface area contributed by atoms with Gasteiger partial charge in [-0.15, -0.1) is 0 Å². The fraction of sp³-hybridized carbons (Fsp3) is 0.400. The molecule has 94 valence electrons. The molecule has 0 fully saturated rings. The number of halogens is 2. The molecule has 0 saturated carbocycles. The minimum atomic E-state index is -1.18. The second kappa shape index (κ2) is 5.53. The number of hydrogen-bond donors (Lipinski definition) is 1. The number of nitrogens with zero attached hydrogens (tertiary/aromatic N) is 1. The molecule has 0 radical (unpaired) electrons. The Bertz CT molecular complexity index is 425. The van der Waals surface area contributed by atoms with Gasteiger partial charge in [-0.05, 0) is 6.42 Å². The number of aliphatic hydroxyl groups excluding tert-OH is 1. The second-order valence-corrected chi connectivity index (χ2v) is 3.36. The van der Waals surface area contributed by atoms with Crippen LogP contribution < -0.4 is 4.74 Å². The summed E-state index contributed by atoms with van der Waals surface area (Å²) in [6, 6.07) is 1.04. The van der Waals surface area contributed by atoms with Crippen LogP contribution in [0.4, 0.5) is 14.5 Å². The average Bonchev–Trinajstić information content (AvgIpc) is 2.28. The molecule has 0 spiro atoms. The number of benzene rings is 1. The molecule has 0 aliphatic heterocycles. The summed E-state index contributed by atoms with van der Waals surface area (Å²) >= 11 is 0. The zero-order valence-electron chi connectivity index (χ0n) is 9.02. The van der Waals surface area contributed by atoms with Gasteiger partial charge in [-0.25, -0.2) is 4.39 Å². The molecule has 0 amide bonds. The van der Waals surface area contributed by atoms with Crippen molar-refractivity contribution in [3.05, 3.63) is 33.9 Å². The van der Waals surface area contributed by atoms with Gasteiger partial charge in [0, 0.05) is 6.07 Å². The van der Waals surface area contributed by atoms with Crippen LogP contribution in [0.2, 0.25) is 0 Å². The third kappa shape index (κ3) is 3.35. The number of ether oxygens (including phenoxy) is 1. The Labute approximate surface area is 95.8 Å². The van der Waals surface area contributed by atoms with E-state index in [1.54, 1.807) is 6.92 Å². The van der Waals surface area contributed by atoms with Crippen molar-refractivity contribution in [3.8, 4) is 5.75 Å². The molecule has 1 unspecified atom stereocenters. The van der Waals surface area contributed by atoms with E-state index in [9.17, 15) is 24.0 Å². The maximum atomic E-state index is 13.3. The van der Waals surface area contributed by atoms with E-state index in [1.165, 1.54) is 0 Å². The van der Waals surface area contributed by atoms with E-state index in [-0.39, 0.29) is 6.61 Å². The summed E-state index contributed by atoms with van der Waals surface area (Å²) in [5.41, 5.74) is -0.953. The maximum Gasteiger partial charge on any atom is 0.307 e. The first-order valence-electron chi connectivity index (χ1n) is 4.90. The summed E-state index contributed by atoms with van der Waals surface area (Å²) in [5, 5.41) is 19.5. The van der Waals surface area contributed by atoms with E-state index in [0.29, 0.717) is 18.6 Å². The van der Waals surface area contributed by atoms with Gasteiger partial charge >= 0.3 is 5.69 Å². The quantitative estimate of drug-likeness (QED) is 0.638. The Morgan fingerprint density at radius 3 is 2.65 bits per heavy atom. The summed E-state index contributed by atoms with van der Waals surface area (Å²) in [5.74, 6) is -2.68. The van der Waals surface area contributed by atoms with Crippen LogP contribution in [0.3, 0.4) is 0 Å². The lowest BCUT2D eigenvalue weighted by molar-refractivity contribution is -0.387. The SMILES string of the molecule is CCC(O)COc1cc(F)c([N+](=O)[O-])cc1F. The van der Waals surface area contributed by atoms with Gasteiger partial charge in [0.1, 0.15) is 6.61 Å². The van der Waals surface area contributed by atoms with Crippen LogP contribution in [-0.4, -0.2) is 22.7 Å². The number of aliphatic hydroxyl groups is 1. The van der Waals surface area contributed by atoms with Gasteiger partial charge in [-0.2, -0.15) is 4.39 Å². The number of rotatable bonds is 5. The Kier molecular flexibility index (Phi) is 4.33. The Morgan fingerprint density at radius 1 is 1.47 bits per heavy atom. The molecule has 1 rings (SSSR count). The van der Waals surface area contributed by atoms with Crippen molar-refractivity contribution in [2.24, 2.45) is 0 Å². The highest BCUT2D eigenvalue weighted by molar-refractivity contribution is 5.39. The average molecular weight is 247 g/mol. The molecule has 0 aliphatic carbocycles. The van der Waals surface area contributed by atoms with E-state index in [1.807, 2.05) is 0 Å². The first-order chi connectivity index (χ1) is 7.95. The lowest BCUT2D eigenvalue weighted by Gasteiger charge is -2.10. The molecule has 5 nitrogen and oxygen atoms in total. The van der Waals surface area contributed by atoms with Crippen LogP contribution in [0.15, 0.2) is 12.1 Å². The normalized spacial score (nSPS) is 12.2. The largest absolute Gasteiger partial charge is 0.488 e. The minimum Gasteiger partial charge on any atom is -0.488 e. The molecule has 7 heteroatoms. The van der Waals surface area contributed by atoms with E-state index in [0.717, 1.165) is 0 Å². The van der Waals surface area contributed by atoms with Gasteiger partial charge in [0.2, 0.25) is 5.82 Å². The summed E-state index contributed by atoms with van der Waals surface area (Å²) in [7, 11) is 0. The van der Waals surface area contributed by atoms with Crippen LogP contribution in [0.1, 0.15) is 13.3 Å². The van der Waals surface area contributed by atoms with Crippen LogP contribution >= 0.6 is 0 Å². The molecule has 0 aliphatic rings. The van der Waals surface area contributed by atoms with Crippen LogP contribution in [-0.2, 0) is 0 Å². The highest BCUT2D eigenvalue weighted by Gasteiger charge is 2.19. The van der Waals surface area contributed by atoms with Gasteiger partial charge in [-0.1, -0.05) is 6.92 Å². The van der Waals surface area contributed by atoms with Gasteiger partial charge < -0.3 is 9.84 Å². The monoisotopic (exact) mass is 247 g/mol. The molecular formula is C10H11F2NO4. The minimum absolute atomic E-state index is 0.204. The zero-order valence-corrected chi connectivity index (χ0v) is 9.02. The summed E-state index contributed by atoms with van der Waals surface area (Å²) < 4.78 is 31.2. The first kappa shape index (κ1) is 13.3. The van der Waals surface area contributed by atoms with Crippen molar-refractivity contribution in [3.63, 3.8) is 0 Å². The second-order valence-electron chi connectivity index (χ2n) is 3.36. The van der Waals surface area contributed by atoms with Gasteiger partial charge in [0.15, 0.2) is 11.6 Å². The number of nitro groups is 1. The highest BCUT2D eigenvalue weighted by Crippen LogP contribution is 2.26. The van der Waals surface area contributed by atoms with E-state index < -0.39 is 34.1 Å². The molecule has 1 atom stereocenters. The fourth-order valence-corrected chi connectivity index (χ4v) is 1.07. The van der Waals surface area contributed by atoms with Crippen molar-refractivity contribution >= 4 is 5.69 Å². The Balaban J connectivity index is 2.88. The summed E-state index contributed by atoms with van der Waals surface area (Å²) in [6.45, 7) is 1.49. The first-order valence-corrected chi connectivity index (χ1v) is 4.90. The molecular weight excluding hydrogens is 236 g/mol. The third-order valence-electron chi connectivity index (χ3n) is 2.10. The van der Waals surface area contributed by atoms with Crippen molar-refractivity contribution in [2.75, 3.05) is 6.61 Å². The molecule has 1 aromatic carbocycles. The zero-order chi connectivity index (χ0) is 13.0. The van der Waals surface area contributed by atoms with Gasteiger partial charge in [0.25, 0.3) is 0 Å². The molecule has 0 saturated heterocycles. The van der Waals surface area contributed by atoms with Crippen molar-refractivity contribution in [1.82, 2.24) is 0 Å². The Hall–Kier alpha value is -1.76. The predicted molar refractivity (Wildman–Crippen MR) is 54.8 cm³/mol. The number of hydrogen-bond acceptors (Lipinski definition) is 4. The maximum absolute atomic E-state index is 13.3. The topological polar surface area (TPSA) is 72.6 Å². The Morgan fingerprint density at radius 2 is 2.12 bits per heavy atom.